The molecule has 0 aliphatic heterocycles. The third-order valence-corrected chi connectivity index (χ3v) is 3.26. The minimum Gasteiger partial charge on any atom is -0.193 e. The highest BCUT2D eigenvalue weighted by atomic mass is 14.5. The first kappa shape index (κ1) is 6.25. The van der Waals surface area contributed by atoms with Crippen molar-refractivity contribution in [1.29, 1.82) is 5.26 Å². The van der Waals surface area contributed by atoms with Crippen molar-refractivity contribution in [2.45, 2.75) is 0 Å². The van der Waals surface area contributed by atoms with Crippen LogP contribution in [0.3, 0.4) is 0 Å². The van der Waals surface area contributed by atoms with Gasteiger partial charge in [0.1, 0.15) is 0 Å². The van der Waals surface area contributed by atoms with Crippen LogP contribution >= 0.6 is 0 Å². The van der Waals surface area contributed by atoms with E-state index in [1.165, 1.54) is 0 Å². The van der Waals surface area contributed by atoms with Gasteiger partial charge in [-0.15, -0.1) is 0 Å². The van der Waals surface area contributed by atoms with Gasteiger partial charge in [-0.1, -0.05) is 30.4 Å². The van der Waals surface area contributed by atoms with Crippen LogP contribution in [0.5, 0.6) is 0 Å². The Hall–Kier alpha value is -1.29. The first-order chi connectivity index (χ1) is 5.90. The number of hydrogen-bond acceptors (Lipinski definition) is 1. The number of rotatable bonds is 0. The molecule has 1 heteroatoms. The number of nitrogens with zero attached hydrogens (tertiary/aromatic N) is 1. The van der Waals surface area contributed by atoms with Gasteiger partial charge in [0.05, 0.1) is 6.07 Å². The second-order valence-corrected chi connectivity index (χ2v) is 3.76. The maximum Gasteiger partial charge on any atom is 0.0950 e. The van der Waals surface area contributed by atoms with E-state index < -0.39 is 0 Å². The Morgan fingerprint density at radius 3 is 2.67 bits per heavy atom. The average molecular weight is 155 g/mol. The predicted octanol–water partition coefficient (Wildman–Crippen LogP) is 2.05. The van der Waals surface area contributed by atoms with Gasteiger partial charge in [0.2, 0.25) is 0 Å². The van der Waals surface area contributed by atoms with Crippen LogP contribution in [0.1, 0.15) is 0 Å². The second kappa shape index (κ2) is 1.90. The summed E-state index contributed by atoms with van der Waals surface area (Å²) < 4.78 is 0. The van der Waals surface area contributed by atoms with Gasteiger partial charge in [0.25, 0.3) is 0 Å². The van der Waals surface area contributed by atoms with Crippen LogP contribution in [0, 0.1) is 35.0 Å². The molecule has 3 aliphatic rings. The summed E-state index contributed by atoms with van der Waals surface area (Å²) in [5.41, 5.74) is 0.980. The molecular formula is C11H9N. The summed E-state index contributed by atoms with van der Waals surface area (Å²) in [7, 11) is 0. The van der Waals surface area contributed by atoms with Gasteiger partial charge >= 0.3 is 0 Å². The van der Waals surface area contributed by atoms with Crippen molar-refractivity contribution < 1.29 is 0 Å². The van der Waals surface area contributed by atoms with E-state index in [9.17, 15) is 0 Å². The fraction of sp³-hybridized carbons (Fsp3) is 0.364. The molecule has 3 rings (SSSR count). The van der Waals surface area contributed by atoms with Crippen molar-refractivity contribution in [1.82, 2.24) is 0 Å². The van der Waals surface area contributed by atoms with Crippen LogP contribution in [0.15, 0.2) is 36.0 Å². The normalized spacial score (nSPS) is 46.1. The molecule has 58 valence electrons. The molecule has 0 spiro atoms. The van der Waals surface area contributed by atoms with Crippen LogP contribution in [-0.4, -0.2) is 0 Å². The Bertz CT molecular complexity index is 354. The maximum atomic E-state index is 8.86. The quantitative estimate of drug-likeness (QED) is 0.491. The van der Waals surface area contributed by atoms with Crippen LogP contribution in [0.25, 0.3) is 0 Å². The van der Waals surface area contributed by atoms with Gasteiger partial charge in [-0.2, -0.15) is 5.26 Å². The van der Waals surface area contributed by atoms with E-state index in [0.717, 1.165) is 5.57 Å². The van der Waals surface area contributed by atoms with Gasteiger partial charge in [0.15, 0.2) is 0 Å². The molecule has 4 atom stereocenters. The monoisotopic (exact) mass is 155 g/mol. The van der Waals surface area contributed by atoms with Crippen molar-refractivity contribution in [3.8, 4) is 6.07 Å². The largest absolute Gasteiger partial charge is 0.193 e. The zero-order chi connectivity index (χ0) is 8.13. The molecule has 0 saturated carbocycles. The van der Waals surface area contributed by atoms with Gasteiger partial charge < -0.3 is 0 Å². The maximum absolute atomic E-state index is 8.86. The Kier molecular flexibility index (Phi) is 0.988. The van der Waals surface area contributed by atoms with E-state index in [1.54, 1.807) is 0 Å². The Morgan fingerprint density at radius 1 is 1.08 bits per heavy atom. The smallest absolute Gasteiger partial charge is 0.0950 e. The molecule has 0 unspecified atom stereocenters. The highest BCUT2D eigenvalue weighted by Crippen LogP contribution is 2.50. The molecule has 1 nitrogen and oxygen atoms in total. The van der Waals surface area contributed by atoms with Gasteiger partial charge in [0, 0.05) is 17.4 Å². The zero-order valence-corrected chi connectivity index (χ0v) is 6.64. The van der Waals surface area contributed by atoms with Crippen LogP contribution < -0.4 is 0 Å². The summed E-state index contributed by atoms with van der Waals surface area (Å²) >= 11 is 0. The summed E-state index contributed by atoms with van der Waals surface area (Å²) in [5.74, 6) is 2.26. The van der Waals surface area contributed by atoms with Crippen LogP contribution in [0.2, 0.25) is 0 Å². The highest BCUT2D eigenvalue weighted by molar-refractivity contribution is 5.43. The molecule has 0 radical (unpaired) electrons. The third kappa shape index (κ3) is 0.549. The lowest BCUT2D eigenvalue weighted by Crippen LogP contribution is -2.12. The molecule has 12 heavy (non-hydrogen) atoms. The standard InChI is InChI=1S/C11H9N/c12-6-9-5-8-2-1-7-3-4-10(9)11(7)8/h1-5,7-8,10-11H/t7-,8-,10-,11+/m0/s1. The molecule has 0 bridgehead atoms. The van der Waals surface area contributed by atoms with Crippen LogP contribution in [0.4, 0.5) is 0 Å². The Balaban J connectivity index is 2.12. The van der Waals surface area contributed by atoms with Crippen molar-refractivity contribution in [2.75, 3.05) is 0 Å². The molecule has 0 N–H and O–H groups in total. The Morgan fingerprint density at radius 2 is 1.83 bits per heavy atom. The van der Waals surface area contributed by atoms with E-state index in [4.69, 9.17) is 5.26 Å². The molecule has 0 heterocycles. The van der Waals surface area contributed by atoms with E-state index in [0.29, 0.717) is 23.7 Å². The zero-order valence-electron chi connectivity index (χ0n) is 6.64. The summed E-state index contributed by atoms with van der Waals surface area (Å²) in [6.07, 6.45) is 11.1. The second-order valence-electron chi connectivity index (χ2n) is 3.76. The number of allylic oxidation sites excluding steroid dienone is 6. The summed E-state index contributed by atoms with van der Waals surface area (Å²) in [6.45, 7) is 0. The number of nitriles is 1. The Labute approximate surface area is 71.7 Å². The summed E-state index contributed by atoms with van der Waals surface area (Å²) in [5, 5.41) is 8.86. The first-order valence-electron chi connectivity index (χ1n) is 4.38. The molecule has 0 aromatic carbocycles. The van der Waals surface area contributed by atoms with E-state index in [-0.39, 0.29) is 0 Å². The fourth-order valence-electron chi connectivity index (χ4n) is 2.73. The van der Waals surface area contributed by atoms with Gasteiger partial charge in [-0.3, -0.25) is 0 Å². The summed E-state index contributed by atoms with van der Waals surface area (Å²) in [4.78, 5) is 0. The van der Waals surface area contributed by atoms with Crippen LogP contribution in [-0.2, 0) is 0 Å². The molecule has 0 amide bonds. The molecule has 0 aromatic heterocycles. The fourth-order valence-corrected chi connectivity index (χ4v) is 2.73. The van der Waals surface area contributed by atoms with Crippen molar-refractivity contribution in [2.24, 2.45) is 23.7 Å². The average Bonchev–Trinajstić information content (AvgIpc) is 2.72. The number of hydrogen-bond donors (Lipinski definition) is 0. The molecule has 0 fully saturated rings. The molecule has 3 aliphatic carbocycles. The molecule has 0 aromatic rings. The third-order valence-electron chi connectivity index (χ3n) is 3.26. The topological polar surface area (TPSA) is 23.8 Å². The van der Waals surface area contributed by atoms with E-state index in [1.807, 2.05) is 0 Å². The van der Waals surface area contributed by atoms with Crippen molar-refractivity contribution in [3.63, 3.8) is 0 Å². The lowest BCUT2D eigenvalue weighted by molar-refractivity contribution is 0.415. The van der Waals surface area contributed by atoms with Crippen molar-refractivity contribution in [3.05, 3.63) is 36.0 Å². The highest BCUT2D eigenvalue weighted by Gasteiger charge is 2.44. The van der Waals surface area contributed by atoms with Crippen molar-refractivity contribution >= 4 is 0 Å². The molecule has 0 saturated heterocycles. The lowest BCUT2D eigenvalue weighted by Gasteiger charge is -2.14. The van der Waals surface area contributed by atoms with Gasteiger partial charge in [-0.05, 0) is 11.8 Å². The summed E-state index contributed by atoms with van der Waals surface area (Å²) in [6, 6.07) is 2.30. The minimum atomic E-state index is 0.431. The SMILES string of the molecule is N#CC1=C[C@@H]2C=C[C@H]3C=C[C@@H]1[C@H]32. The van der Waals surface area contributed by atoms with E-state index >= 15 is 0 Å². The predicted molar refractivity (Wildman–Crippen MR) is 45.9 cm³/mol. The van der Waals surface area contributed by atoms with Gasteiger partial charge in [-0.25, -0.2) is 0 Å². The molecular weight excluding hydrogens is 146 g/mol. The lowest BCUT2D eigenvalue weighted by atomic mass is 9.87. The minimum absolute atomic E-state index is 0.431. The first-order valence-corrected chi connectivity index (χ1v) is 4.38. The van der Waals surface area contributed by atoms with E-state index in [2.05, 4.69) is 36.4 Å².